The van der Waals surface area contributed by atoms with Gasteiger partial charge in [0.2, 0.25) is 0 Å². The van der Waals surface area contributed by atoms with Crippen LogP contribution in [0.1, 0.15) is 0 Å². The van der Waals surface area contributed by atoms with Crippen molar-refractivity contribution >= 4 is 21.5 Å². The Kier molecular flexibility index (Phi) is 3.14. The molecule has 5 aromatic rings. The van der Waals surface area contributed by atoms with Gasteiger partial charge in [0.05, 0.1) is 12.0 Å². The summed E-state index contributed by atoms with van der Waals surface area (Å²) in [6, 6.07) is 27.9. The Morgan fingerprint density at radius 3 is 2.28 bits per heavy atom. The van der Waals surface area contributed by atoms with Crippen LogP contribution in [-0.2, 0) is 0 Å². The van der Waals surface area contributed by atoms with Gasteiger partial charge in [-0.2, -0.15) is 0 Å². The smallest absolute Gasteiger partial charge is 0.0992 e. The maximum atomic E-state index is 4.27. The van der Waals surface area contributed by atoms with E-state index in [9.17, 15) is 0 Å². The van der Waals surface area contributed by atoms with Crippen molar-refractivity contribution in [2.45, 2.75) is 0 Å². The Hall–Kier alpha value is -3.39. The summed E-state index contributed by atoms with van der Waals surface area (Å²) >= 11 is 0. The van der Waals surface area contributed by atoms with Crippen molar-refractivity contribution in [2.75, 3.05) is 0 Å². The Labute approximate surface area is 146 Å². The molecule has 0 aliphatic rings. The molecule has 1 aromatic heterocycles. The topological polar surface area (TPSA) is 17.8 Å². The number of nitrogens with zero attached hydrogens (tertiary/aromatic N) is 2. The van der Waals surface area contributed by atoms with Gasteiger partial charge in [-0.25, -0.2) is 4.98 Å². The number of rotatable bonds is 2. The minimum absolute atomic E-state index is 1.17. The Morgan fingerprint density at radius 1 is 0.640 bits per heavy atom. The van der Waals surface area contributed by atoms with E-state index in [4.69, 9.17) is 0 Å². The molecule has 118 valence electrons. The maximum Gasteiger partial charge on any atom is 0.0992 e. The van der Waals surface area contributed by atoms with Gasteiger partial charge in [-0.3, -0.25) is 0 Å². The summed E-state index contributed by atoms with van der Waals surface area (Å²) in [6.45, 7) is 0. The molecule has 25 heavy (non-hydrogen) atoms. The van der Waals surface area contributed by atoms with Gasteiger partial charge in [0.1, 0.15) is 0 Å². The number of benzene rings is 4. The molecule has 2 nitrogen and oxygen atoms in total. The summed E-state index contributed by atoms with van der Waals surface area (Å²) in [5.41, 5.74) is 3.59. The second-order valence-corrected chi connectivity index (χ2v) is 6.18. The lowest BCUT2D eigenvalue weighted by Crippen LogP contribution is -1.96. The molecule has 0 N–H and O–H groups in total. The standard InChI is InChI=1S/C23H16N2/c1-2-6-17(7-3-1)20-12-13-21-19-9-5-4-8-18(19)10-11-22(21)23(20)25-15-14-24-16-25/h1-16H. The molecule has 0 spiro atoms. The van der Waals surface area contributed by atoms with Crippen molar-refractivity contribution in [3.8, 4) is 16.8 Å². The highest BCUT2D eigenvalue weighted by Gasteiger charge is 2.12. The van der Waals surface area contributed by atoms with E-state index in [0.29, 0.717) is 0 Å². The van der Waals surface area contributed by atoms with Crippen molar-refractivity contribution in [1.29, 1.82) is 0 Å². The molecule has 0 aliphatic heterocycles. The Balaban J connectivity index is 1.93. The van der Waals surface area contributed by atoms with Crippen LogP contribution in [0.4, 0.5) is 0 Å². The highest BCUT2D eigenvalue weighted by atomic mass is 15.0. The van der Waals surface area contributed by atoms with E-state index in [1.165, 1.54) is 38.4 Å². The van der Waals surface area contributed by atoms with Crippen LogP contribution >= 0.6 is 0 Å². The van der Waals surface area contributed by atoms with Crippen LogP contribution in [0.15, 0.2) is 97.6 Å². The van der Waals surface area contributed by atoms with E-state index in [2.05, 4.69) is 88.4 Å². The second kappa shape index (κ2) is 5.60. The molecule has 0 saturated heterocycles. The molecule has 0 radical (unpaired) electrons. The number of hydrogen-bond donors (Lipinski definition) is 0. The van der Waals surface area contributed by atoms with Crippen molar-refractivity contribution in [3.63, 3.8) is 0 Å². The fourth-order valence-corrected chi connectivity index (χ4v) is 3.59. The molecule has 2 heteroatoms. The molecule has 0 bridgehead atoms. The third-order valence-electron chi connectivity index (χ3n) is 4.74. The predicted octanol–water partition coefficient (Wildman–Crippen LogP) is 5.85. The lowest BCUT2D eigenvalue weighted by Gasteiger charge is -2.15. The molecule has 0 amide bonds. The van der Waals surface area contributed by atoms with Gasteiger partial charge >= 0.3 is 0 Å². The molecule has 5 rings (SSSR count). The molecule has 0 fully saturated rings. The number of aromatic nitrogens is 2. The fraction of sp³-hybridized carbons (Fsp3) is 0. The zero-order valence-corrected chi connectivity index (χ0v) is 13.6. The van der Waals surface area contributed by atoms with Gasteiger partial charge < -0.3 is 4.57 Å². The van der Waals surface area contributed by atoms with E-state index in [0.717, 1.165) is 0 Å². The number of imidazole rings is 1. The van der Waals surface area contributed by atoms with E-state index in [1.807, 2.05) is 18.7 Å². The van der Waals surface area contributed by atoms with Gasteiger partial charge in [0.15, 0.2) is 0 Å². The normalized spacial score (nSPS) is 11.2. The van der Waals surface area contributed by atoms with Gasteiger partial charge in [-0.05, 0) is 21.7 Å². The highest BCUT2D eigenvalue weighted by Crippen LogP contribution is 2.36. The Bertz CT molecular complexity index is 1170. The molecule has 0 unspecified atom stereocenters. The molecular formula is C23H16N2. The summed E-state index contributed by atoms with van der Waals surface area (Å²) in [6.07, 6.45) is 5.71. The van der Waals surface area contributed by atoms with E-state index in [-0.39, 0.29) is 0 Å². The first-order valence-corrected chi connectivity index (χ1v) is 8.40. The maximum absolute atomic E-state index is 4.27. The second-order valence-electron chi connectivity index (χ2n) is 6.18. The van der Waals surface area contributed by atoms with Gasteiger partial charge in [0, 0.05) is 23.3 Å². The largest absolute Gasteiger partial charge is 0.305 e. The van der Waals surface area contributed by atoms with Crippen molar-refractivity contribution < 1.29 is 0 Å². The Morgan fingerprint density at radius 2 is 1.44 bits per heavy atom. The zero-order valence-electron chi connectivity index (χ0n) is 13.6. The monoisotopic (exact) mass is 320 g/mol. The third kappa shape index (κ3) is 2.23. The average Bonchev–Trinajstić information content (AvgIpc) is 3.22. The average molecular weight is 320 g/mol. The summed E-state index contributed by atoms with van der Waals surface area (Å²) in [5, 5.41) is 5.04. The fourth-order valence-electron chi connectivity index (χ4n) is 3.59. The van der Waals surface area contributed by atoms with E-state index < -0.39 is 0 Å². The minimum Gasteiger partial charge on any atom is -0.305 e. The zero-order chi connectivity index (χ0) is 16.6. The molecule has 4 aromatic carbocycles. The minimum atomic E-state index is 1.17. The van der Waals surface area contributed by atoms with E-state index in [1.54, 1.807) is 0 Å². The molecule has 0 saturated carbocycles. The molecular weight excluding hydrogens is 304 g/mol. The van der Waals surface area contributed by atoms with Crippen LogP contribution in [-0.4, -0.2) is 9.55 Å². The first kappa shape index (κ1) is 14.0. The SMILES string of the molecule is c1ccc(-c2ccc3c(ccc4ccccc43)c2-n2ccnc2)cc1. The highest BCUT2D eigenvalue weighted by molar-refractivity contribution is 6.12. The van der Waals surface area contributed by atoms with Crippen LogP contribution in [0, 0.1) is 0 Å². The predicted molar refractivity (Wildman–Crippen MR) is 104 cm³/mol. The summed E-state index contributed by atoms with van der Waals surface area (Å²) in [4.78, 5) is 4.27. The van der Waals surface area contributed by atoms with Crippen LogP contribution in [0.25, 0.3) is 38.4 Å². The lowest BCUT2D eigenvalue weighted by molar-refractivity contribution is 1.07. The quantitative estimate of drug-likeness (QED) is 0.373. The molecule has 0 aliphatic carbocycles. The van der Waals surface area contributed by atoms with Crippen molar-refractivity contribution in [3.05, 3.63) is 97.6 Å². The lowest BCUT2D eigenvalue weighted by atomic mass is 9.95. The van der Waals surface area contributed by atoms with Crippen LogP contribution < -0.4 is 0 Å². The van der Waals surface area contributed by atoms with Crippen LogP contribution in [0.3, 0.4) is 0 Å². The van der Waals surface area contributed by atoms with Gasteiger partial charge in [-0.15, -0.1) is 0 Å². The molecule has 1 heterocycles. The summed E-state index contributed by atoms with van der Waals surface area (Å²) in [7, 11) is 0. The third-order valence-corrected chi connectivity index (χ3v) is 4.74. The number of fused-ring (bicyclic) bond motifs is 3. The first-order chi connectivity index (χ1) is 12.4. The van der Waals surface area contributed by atoms with Gasteiger partial charge in [-0.1, -0.05) is 78.9 Å². The summed E-state index contributed by atoms with van der Waals surface area (Å²) in [5.74, 6) is 0. The number of hydrogen-bond acceptors (Lipinski definition) is 1. The van der Waals surface area contributed by atoms with E-state index >= 15 is 0 Å². The van der Waals surface area contributed by atoms with Crippen molar-refractivity contribution in [2.24, 2.45) is 0 Å². The molecule has 0 atom stereocenters. The van der Waals surface area contributed by atoms with Crippen LogP contribution in [0.5, 0.6) is 0 Å². The first-order valence-electron chi connectivity index (χ1n) is 8.40. The van der Waals surface area contributed by atoms with Crippen molar-refractivity contribution in [1.82, 2.24) is 9.55 Å². The van der Waals surface area contributed by atoms with Crippen LogP contribution in [0.2, 0.25) is 0 Å². The van der Waals surface area contributed by atoms with Gasteiger partial charge in [0.25, 0.3) is 0 Å². The summed E-state index contributed by atoms with van der Waals surface area (Å²) < 4.78 is 2.11.